The second-order valence-electron chi connectivity index (χ2n) is 6.44. The lowest BCUT2D eigenvalue weighted by Crippen LogP contribution is -2.00. The van der Waals surface area contributed by atoms with E-state index in [1.165, 1.54) is 33.4 Å². The maximum Gasteiger partial charge on any atom is 0.00277 e. The normalized spacial score (nSPS) is 11.2. The van der Waals surface area contributed by atoms with Gasteiger partial charge in [-0.15, -0.1) is 0 Å². The van der Waals surface area contributed by atoms with Crippen molar-refractivity contribution in [3.63, 3.8) is 0 Å². The van der Waals surface area contributed by atoms with Gasteiger partial charge in [-0.05, 0) is 59.9 Å². The van der Waals surface area contributed by atoms with Crippen LogP contribution in [0.25, 0.3) is 11.6 Å². The van der Waals surface area contributed by atoms with Gasteiger partial charge in [0.05, 0.1) is 0 Å². The monoisotopic (exact) mass is 305 g/mol. The zero-order valence-electron chi connectivity index (χ0n) is 14.9. The average molecular weight is 305 g/mol. The molecular formula is C22H27N. The Kier molecular flexibility index (Phi) is 5.44. The topological polar surface area (TPSA) is 12.0 Å². The third-order valence-corrected chi connectivity index (χ3v) is 4.07. The molecule has 1 heteroatoms. The zero-order valence-corrected chi connectivity index (χ0v) is 14.9. The van der Waals surface area contributed by atoms with Crippen LogP contribution in [0.2, 0.25) is 0 Å². The molecule has 0 saturated heterocycles. The van der Waals surface area contributed by atoms with Crippen LogP contribution in [0.15, 0.2) is 49.2 Å². The molecule has 0 saturated carbocycles. The Morgan fingerprint density at radius 1 is 1.09 bits per heavy atom. The molecule has 0 heterocycles. The summed E-state index contributed by atoms with van der Waals surface area (Å²) in [5, 5.41) is 3.10. The Bertz CT molecular complexity index is 715. The van der Waals surface area contributed by atoms with Crippen LogP contribution < -0.4 is 5.32 Å². The summed E-state index contributed by atoms with van der Waals surface area (Å²) in [4.78, 5) is 0. The summed E-state index contributed by atoms with van der Waals surface area (Å²) in [5.74, 6) is 0.471. The highest BCUT2D eigenvalue weighted by Crippen LogP contribution is 2.31. The average Bonchev–Trinajstić information content (AvgIpc) is 2.50. The molecule has 0 aliphatic carbocycles. The van der Waals surface area contributed by atoms with Crippen LogP contribution in [-0.2, 0) is 0 Å². The maximum absolute atomic E-state index is 4.39. The minimum Gasteiger partial charge on any atom is -0.394 e. The first kappa shape index (κ1) is 17.1. The molecule has 120 valence electrons. The van der Waals surface area contributed by atoms with Gasteiger partial charge in [-0.2, -0.15) is 0 Å². The van der Waals surface area contributed by atoms with E-state index >= 15 is 0 Å². The van der Waals surface area contributed by atoms with Crippen molar-refractivity contribution in [2.24, 2.45) is 0 Å². The van der Waals surface area contributed by atoms with Crippen molar-refractivity contribution in [3.05, 3.63) is 82.6 Å². The van der Waals surface area contributed by atoms with Crippen LogP contribution in [0.1, 0.15) is 53.1 Å². The van der Waals surface area contributed by atoms with Gasteiger partial charge in [0.2, 0.25) is 0 Å². The molecular weight excluding hydrogens is 278 g/mol. The van der Waals surface area contributed by atoms with Crippen molar-refractivity contribution < 1.29 is 0 Å². The molecule has 0 aliphatic heterocycles. The molecule has 0 fully saturated rings. The van der Waals surface area contributed by atoms with Crippen molar-refractivity contribution in [2.75, 3.05) is 7.05 Å². The van der Waals surface area contributed by atoms with Gasteiger partial charge in [0.15, 0.2) is 0 Å². The van der Waals surface area contributed by atoms with E-state index in [1.54, 1.807) is 0 Å². The van der Waals surface area contributed by atoms with Gasteiger partial charge in [-0.25, -0.2) is 0 Å². The summed E-state index contributed by atoms with van der Waals surface area (Å²) < 4.78 is 0. The fraction of sp³-hybridized carbons (Fsp3) is 0.273. The molecule has 23 heavy (non-hydrogen) atoms. The fourth-order valence-electron chi connectivity index (χ4n) is 3.01. The van der Waals surface area contributed by atoms with Gasteiger partial charge in [-0.3, -0.25) is 0 Å². The molecule has 1 N–H and O–H groups in total. The van der Waals surface area contributed by atoms with Gasteiger partial charge in [0, 0.05) is 7.05 Å². The molecule has 0 atom stereocenters. The molecule has 0 unspecified atom stereocenters. The molecule has 2 aromatic carbocycles. The summed E-state index contributed by atoms with van der Waals surface area (Å²) in [6.07, 6.45) is 4.14. The minimum atomic E-state index is 0.471. The van der Waals surface area contributed by atoms with Crippen LogP contribution in [0.4, 0.5) is 0 Å². The molecule has 0 amide bonds. The molecule has 1 nitrogen and oxygen atoms in total. The van der Waals surface area contributed by atoms with E-state index in [2.05, 4.69) is 82.1 Å². The number of benzene rings is 2. The van der Waals surface area contributed by atoms with Crippen molar-refractivity contribution in [1.82, 2.24) is 5.32 Å². The van der Waals surface area contributed by atoms with Gasteiger partial charge in [-0.1, -0.05) is 68.0 Å². The summed E-state index contributed by atoms with van der Waals surface area (Å²) in [5.41, 5.74) is 8.62. The highest BCUT2D eigenvalue weighted by atomic mass is 14.8. The van der Waals surface area contributed by atoms with Gasteiger partial charge >= 0.3 is 0 Å². The highest BCUT2D eigenvalue weighted by Gasteiger charge is 2.12. The Morgan fingerprint density at radius 3 is 2.30 bits per heavy atom. The number of nitrogens with one attached hydrogen (secondary N) is 1. The lowest BCUT2D eigenvalue weighted by molar-refractivity contribution is 0.863. The van der Waals surface area contributed by atoms with E-state index in [4.69, 9.17) is 0 Å². The summed E-state index contributed by atoms with van der Waals surface area (Å²) in [6.45, 7) is 13.1. The van der Waals surface area contributed by atoms with Crippen LogP contribution in [0.3, 0.4) is 0 Å². The first-order chi connectivity index (χ1) is 10.9. The highest BCUT2D eigenvalue weighted by molar-refractivity contribution is 5.84. The second kappa shape index (κ2) is 7.32. The largest absolute Gasteiger partial charge is 0.394 e. The van der Waals surface area contributed by atoms with E-state index in [0.717, 1.165) is 5.57 Å². The predicted molar refractivity (Wildman–Crippen MR) is 103 cm³/mol. The predicted octanol–water partition coefficient (Wildman–Crippen LogP) is 5.68. The molecule has 0 aliphatic rings. The van der Waals surface area contributed by atoms with Gasteiger partial charge in [0.1, 0.15) is 0 Å². The van der Waals surface area contributed by atoms with E-state index < -0.39 is 0 Å². The third kappa shape index (κ3) is 3.92. The smallest absolute Gasteiger partial charge is 0.00277 e. The van der Waals surface area contributed by atoms with Gasteiger partial charge < -0.3 is 5.32 Å². The van der Waals surface area contributed by atoms with E-state index in [1.807, 2.05) is 13.2 Å². The Labute approximate surface area is 140 Å². The second-order valence-corrected chi connectivity index (χ2v) is 6.44. The minimum absolute atomic E-state index is 0.471. The van der Waals surface area contributed by atoms with E-state index in [-0.39, 0.29) is 0 Å². The molecule has 2 aromatic rings. The third-order valence-electron chi connectivity index (χ3n) is 4.07. The number of hydrogen-bond donors (Lipinski definition) is 1. The first-order valence-electron chi connectivity index (χ1n) is 8.18. The first-order valence-corrected chi connectivity index (χ1v) is 8.18. The van der Waals surface area contributed by atoms with Crippen molar-refractivity contribution in [3.8, 4) is 0 Å². The van der Waals surface area contributed by atoms with Crippen LogP contribution in [-0.4, -0.2) is 7.05 Å². The lowest BCUT2D eigenvalue weighted by atomic mass is 9.87. The van der Waals surface area contributed by atoms with Crippen LogP contribution >= 0.6 is 0 Å². The molecule has 0 bridgehead atoms. The molecule has 0 spiro atoms. The SMILES string of the molecule is C=C(c1cc(C)cc(C)c1)c1cccc(C(C)C)c1/C=C\NC. The fourth-order valence-corrected chi connectivity index (χ4v) is 3.01. The van der Waals surface area contributed by atoms with Crippen molar-refractivity contribution >= 4 is 11.6 Å². The van der Waals surface area contributed by atoms with Gasteiger partial charge in [0.25, 0.3) is 0 Å². The quantitative estimate of drug-likeness (QED) is 0.749. The number of rotatable bonds is 5. The Balaban J connectivity index is 2.59. The number of hydrogen-bond acceptors (Lipinski definition) is 1. The summed E-state index contributed by atoms with van der Waals surface area (Å²) in [6, 6.07) is 13.1. The van der Waals surface area contributed by atoms with Crippen molar-refractivity contribution in [2.45, 2.75) is 33.6 Å². The lowest BCUT2D eigenvalue weighted by Gasteiger charge is -2.17. The van der Waals surface area contributed by atoms with E-state index in [0.29, 0.717) is 5.92 Å². The Morgan fingerprint density at radius 2 is 1.74 bits per heavy atom. The van der Waals surface area contributed by atoms with Crippen LogP contribution in [0, 0.1) is 13.8 Å². The van der Waals surface area contributed by atoms with Crippen LogP contribution in [0.5, 0.6) is 0 Å². The zero-order chi connectivity index (χ0) is 17.0. The molecule has 2 rings (SSSR count). The van der Waals surface area contributed by atoms with E-state index in [9.17, 15) is 0 Å². The molecule has 0 radical (unpaired) electrons. The standard InChI is InChI=1S/C22H27N/c1-15(2)20-8-7-9-21(22(20)10-11-23-6)18(5)19-13-16(3)12-17(4)14-19/h7-15,23H,5H2,1-4,6H3/b11-10-. The number of aryl methyl sites for hydroxylation is 2. The Hall–Kier alpha value is -2.28. The maximum atomic E-state index is 4.39. The molecule has 0 aromatic heterocycles. The summed E-state index contributed by atoms with van der Waals surface area (Å²) >= 11 is 0. The van der Waals surface area contributed by atoms with Crippen molar-refractivity contribution in [1.29, 1.82) is 0 Å². The summed E-state index contributed by atoms with van der Waals surface area (Å²) in [7, 11) is 1.92.